The number of aromatic amines is 1. The van der Waals surface area contributed by atoms with E-state index in [9.17, 15) is 4.39 Å². The van der Waals surface area contributed by atoms with Crippen molar-refractivity contribution >= 4 is 27.8 Å². The van der Waals surface area contributed by atoms with E-state index in [0.29, 0.717) is 45.3 Å². The number of nitrogens with zero attached hydrogens (tertiary/aromatic N) is 5. The topological polar surface area (TPSA) is 98.3 Å². The number of nitrogens with two attached hydrogens (primary N) is 1. The van der Waals surface area contributed by atoms with E-state index >= 15 is 4.39 Å². The first-order valence-electron chi connectivity index (χ1n) is 11.7. The minimum Gasteiger partial charge on any atom is -0.383 e. The zero-order valence-electron chi connectivity index (χ0n) is 19.7. The number of anilines is 1. The van der Waals surface area contributed by atoms with E-state index in [1.165, 1.54) is 18.5 Å². The highest BCUT2D eigenvalue weighted by Crippen LogP contribution is 2.38. The normalized spacial score (nSPS) is 16.6. The van der Waals surface area contributed by atoms with Gasteiger partial charge < -0.3 is 15.3 Å². The molecule has 4 aromatic heterocycles. The fourth-order valence-corrected chi connectivity index (χ4v) is 4.80. The lowest BCUT2D eigenvalue weighted by molar-refractivity contribution is 0.526. The molecule has 5 aromatic rings. The molecule has 1 aliphatic carbocycles. The molecule has 6 rings (SSSR count). The number of allylic oxidation sites excluding steroid dienone is 4. The van der Waals surface area contributed by atoms with Crippen LogP contribution in [0.3, 0.4) is 0 Å². The summed E-state index contributed by atoms with van der Waals surface area (Å²) in [5.41, 5.74) is 10.1. The van der Waals surface area contributed by atoms with E-state index in [2.05, 4.69) is 24.9 Å². The predicted octanol–water partition coefficient (Wildman–Crippen LogP) is 5.91. The maximum Gasteiger partial charge on any atom is 0.146 e. The zero-order chi connectivity index (χ0) is 25.0. The maximum absolute atomic E-state index is 15.4. The van der Waals surface area contributed by atoms with Gasteiger partial charge in [-0.05, 0) is 44.5 Å². The molecule has 0 fully saturated rings. The molecule has 1 aliphatic rings. The molecule has 0 saturated carbocycles. The third-order valence-electron chi connectivity index (χ3n) is 6.75. The van der Waals surface area contributed by atoms with Gasteiger partial charge in [-0.1, -0.05) is 18.2 Å². The van der Waals surface area contributed by atoms with Crippen LogP contribution in [-0.4, -0.2) is 29.5 Å². The summed E-state index contributed by atoms with van der Waals surface area (Å²) in [6.07, 6.45) is 10.5. The smallest absolute Gasteiger partial charge is 0.146 e. The maximum atomic E-state index is 15.4. The Kier molecular flexibility index (Phi) is 5.13. The number of halogens is 2. The number of nitrogens with one attached hydrogen (secondary N) is 1. The molecule has 180 valence electrons. The van der Waals surface area contributed by atoms with Gasteiger partial charge in [0.05, 0.1) is 34.8 Å². The highest BCUT2D eigenvalue weighted by molar-refractivity contribution is 6.02. The molecule has 7 nitrogen and oxygen atoms in total. The molecule has 1 aromatic carbocycles. The summed E-state index contributed by atoms with van der Waals surface area (Å²) in [6, 6.07) is 6.64. The number of hydrogen-bond acceptors (Lipinski definition) is 5. The number of nitrogen functional groups attached to an aromatic ring is 1. The summed E-state index contributed by atoms with van der Waals surface area (Å²) in [5, 5.41) is 1.27. The summed E-state index contributed by atoms with van der Waals surface area (Å²) in [7, 11) is 0. The van der Waals surface area contributed by atoms with Crippen molar-refractivity contribution in [1.82, 2.24) is 29.5 Å². The van der Waals surface area contributed by atoms with Gasteiger partial charge in [0.15, 0.2) is 0 Å². The number of H-pyrrole nitrogens is 1. The minimum absolute atomic E-state index is 0.226. The fraction of sp³-hybridized carbons (Fsp3) is 0.185. The Hall–Kier alpha value is -4.40. The lowest BCUT2D eigenvalue weighted by atomic mass is 9.99. The van der Waals surface area contributed by atoms with E-state index in [4.69, 9.17) is 5.73 Å². The van der Waals surface area contributed by atoms with Crippen LogP contribution in [0.25, 0.3) is 33.1 Å². The highest BCUT2D eigenvalue weighted by atomic mass is 19.1. The van der Waals surface area contributed by atoms with Gasteiger partial charge in [-0.25, -0.2) is 23.7 Å². The van der Waals surface area contributed by atoms with Crippen molar-refractivity contribution in [2.24, 2.45) is 0 Å². The first kappa shape index (κ1) is 22.1. The molecule has 36 heavy (non-hydrogen) atoms. The molecule has 2 unspecified atom stereocenters. The van der Waals surface area contributed by atoms with Crippen LogP contribution in [0, 0.1) is 12.7 Å². The van der Waals surface area contributed by atoms with E-state index in [1.807, 2.05) is 42.8 Å². The summed E-state index contributed by atoms with van der Waals surface area (Å²) in [5.74, 6) is -0.240. The summed E-state index contributed by atoms with van der Waals surface area (Å²) in [4.78, 5) is 20.9. The summed E-state index contributed by atoms with van der Waals surface area (Å²) in [6.45, 7) is 3.86. The number of aromatic nitrogens is 6. The number of hydrogen-bond donors (Lipinski definition) is 2. The van der Waals surface area contributed by atoms with Crippen LogP contribution >= 0.6 is 0 Å². The first-order valence-corrected chi connectivity index (χ1v) is 11.7. The molecule has 2 atom stereocenters. The molecular weight excluding hydrogens is 460 g/mol. The molecule has 3 N–H and O–H groups in total. The third-order valence-corrected chi connectivity index (χ3v) is 6.75. The van der Waals surface area contributed by atoms with Crippen molar-refractivity contribution in [2.75, 3.05) is 5.73 Å². The lowest BCUT2D eigenvalue weighted by Crippen LogP contribution is -2.08. The Labute approximate surface area is 205 Å². The van der Waals surface area contributed by atoms with Gasteiger partial charge in [-0.3, -0.25) is 4.98 Å². The Morgan fingerprint density at radius 3 is 2.83 bits per heavy atom. The quantitative estimate of drug-likeness (QED) is 0.331. The van der Waals surface area contributed by atoms with Crippen LogP contribution in [0.5, 0.6) is 0 Å². The van der Waals surface area contributed by atoms with Crippen LogP contribution in [-0.2, 0) is 0 Å². The van der Waals surface area contributed by atoms with Crippen molar-refractivity contribution in [3.05, 3.63) is 90.1 Å². The van der Waals surface area contributed by atoms with Crippen molar-refractivity contribution in [3.8, 4) is 11.1 Å². The second-order valence-electron chi connectivity index (χ2n) is 9.05. The monoisotopic (exact) mass is 483 g/mol. The van der Waals surface area contributed by atoms with Crippen molar-refractivity contribution in [3.63, 3.8) is 0 Å². The average molecular weight is 484 g/mol. The standard InChI is InChI=1S/C27H23F2N7/c1-14-7-8-16-9-21(29)18(10-22(16)34-14)19-12-36(27-24(19)25(30)32-13-33-27)15(2)23-11-31-26(35-23)17-5-3-4-6-20(17)28/h3-4,6-13,15,17H,5H2,1-2H3,(H,31,35)(H2,30,32,33). The summed E-state index contributed by atoms with van der Waals surface area (Å²) >= 11 is 0. The second-order valence-corrected chi connectivity index (χ2v) is 9.05. The number of imidazole rings is 1. The van der Waals surface area contributed by atoms with Gasteiger partial charge in [0, 0.05) is 28.4 Å². The third kappa shape index (κ3) is 3.55. The number of fused-ring (bicyclic) bond motifs is 2. The van der Waals surface area contributed by atoms with Crippen LogP contribution in [0.1, 0.15) is 42.5 Å². The number of pyridine rings is 1. The van der Waals surface area contributed by atoms with Crippen molar-refractivity contribution in [2.45, 2.75) is 32.2 Å². The second kappa shape index (κ2) is 8.37. The van der Waals surface area contributed by atoms with Crippen molar-refractivity contribution < 1.29 is 8.78 Å². The minimum atomic E-state index is -0.437. The Balaban J connectivity index is 1.48. The molecule has 4 heterocycles. The van der Waals surface area contributed by atoms with Crippen LogP contribution in [0.2, 0.25) is 0 Å². The van der Waals surface area contributed by atoms with Gasteiger partial charge in [-0.2, -0.15) is 0 Å². The van der Waals surface area contributed by atoms with Gasteiger partial charge in [-0.15, -0.1) is 0 Å². The zero-order valence-corrected chi connectivity index (χ0v) is 19.7. The van der Waals surface area contributed by atoms with E-state index in [1.54, 1.807) is 18.3 Å². The summed E-state index contributed by atoms with van der Waals surface area (Å²) < 4.78 is 31.6. The largest absolute Gasteiger partial charge is 0.383 e. The number of benzene rings is 1. The van der Waals surface area contributed by atoms with Gasteiger partial charge in [0.2, 0.25) is 0 Å². The van der Waals surface area contributed by atoms with Crippen LogP contribution < -0.4 is 5.73 Å². The Morgan fingerprint density at radius 2 is 2.00 bits per heavy atom. The number of rotatable bonds is 4. The van der Waals surface area contributed by atoms with Gasteiger partial charge in [0.1, 0.15) is 35.3 Å². The molecule has 0 radical (unpaired) electrons. The van der Waals surface area contributed by atoms with E-state index < -0.39 is 5.92 Å². The highest BCUT2D eigenvalue weighted by Gasteiger charge is 2.25. The lowest BCUT2D eigenvalue weighted by Gasteiger charge is -2.15. The molecule has 0 bridgehead atoms. The van der Waals surface area contributed by atoms with Gasteiger partial charge >= 0.3 is 0 Å². The average Bonchev–Trinajstić information content (AvgIpc) is 3.50. The van der Waals surface area contributed by atoms with Crippen LogP contribution in [0.15, 0.2) is 67.0 Å². The molecule has 9 heteroatoms. The Bertz CT molecular complexity index is 1700. The predicted molar refractivity (Wildman–Crippen MR) is 135 cm³/mol. The molecule has 0 aliphatic heterocycles. The van der Waals surface area contributed by atoms with Crippen molar-refractivity contribution in [1.29, 1.82) is 0 Å². The van der Waals surface area contributed by atoms with E-state index in [-0.39, 0.29) is 23.5 Å². The molecule has 0 amide bonds. The van der Waals surface area contributed by atoms with Gasteiger partial charge in [0.25, 0.3) is 0 Å². The van der Waals surface area contributed by atoms with E-state index in [0.717, 1.165) is 11.4 Å². The number of aryl methyl sites for hydroxylation is 1. The fourth-order valence-electron chi connectivity index (χ4n) is 4.80. The first-order chi connectivity index (χ1) is 17.4. The molecule has 0 saturated heterocycles. The SMILES string of the molecule is Cc1ccc2cc(F)c(-c3cn(C(C)c4cnc(C5CC=CC=C5F)[nH]4)c4ncnc(N)c34)cc2n1. The Morgan fingerprint density at radius 1 is 1.14 bits per heavy atom. The molecule has 0 spiro atoms. The molecular formula is C27H23F2N7. The van der Waals surface area contributed by atoms with Crippen LogP contribution in [0.4, 0.5) is 14.6 Å².